The van der Waals surface area contributed by atoms with Gasteiger partial charge in [-0.05, 0) is 26.7 Å². The fourth-order valence-electron chi connectivity index (χ4n) is 2.91. The zero-order valence-electron chi connectivity index (χ0n) is 13.3. The van der Waals surface area contributed by atoms with E-state index in [1.54, 1.807) is 7.11 Å². The number of hydrogen-bond acceptors (Lipinski definition) is 6. The zero-order chi connectivity index (χ0) is 15.5. The Labute approximate surface area is 130 Å². The van der Waals surface area contributed by atoms with E-state index in [1.807, 2.05) is 19.9 Å². The average Bonchev–Trinajstić information content (AvgIpc) is 2.94. The molecule has 22 heavy (non-hydrogen) atoms. The SMILES string of the molecule is COCc1nc(C)cc(N2CCCC(c3n[nH]c(C)n3)C2)n1. The monoisotopic (exact) mass is 302 g/mol. The highest BCUT2D eigenvalue weighted by Crippen LogP contribution is 2.27. The van der Waals surface area contributed by atoms with Crippen LogP contribution in [-0.2, 0) is 11.3 Å². The normalized spacial score (nSPS) is 18.7. The minimum Gasteiger partial charge on any atom is -0.377 e. The summed E-state index contributed by atoms with van der Waals surface area (Å²) >= 11 is 0. The van der Waals surface area contributed by atoms with Crippen molar-refractivity contribution in [3.8, 4) is 0 Å². The molecule has 0 saturated carbocycles. The first kappa shape index (κ1) is 14.9. The van der Waals surface area contributed by atoms with Crippen LogP contribution in [0.4, 0.5) is 5.82 Å². The summed E-state index contributed by atoms with van der Waals surface area (Å²) in [5, 5.41) is 7.25. The van der Waals surface area contributed by atoms with Crippen LogP contribution in [0.2, 0.25) is 0 Å². The Morgan fingerprint density at radius 3 is 2.91 bits per heavy atom. The van der Waals surface area contributed by atoms with Crippen LogP contribution in [0.15, 0.2) is 6.07 Å². The summed E-state index contributed by atoms with van der Waals surface area (Å²) < 4.78 is 5.15. The second-order valence-corrected chi connectivity index (χ2v) is 5.78. The maximum absolute atomic E-state index is 5.15. The second kappa shape index (κ2) is 6.39. The van der Waals surface area contributed by atoms with Crippen molar-refractivity contribution in [1.29, 1.82) is 0 Å². The lowest BCUT2D eigenvalue weighted by Gasteiger charge is -2.32. The van der Waals surface area contributed by atoms with Gasteiger partial charge in [-0.1, -0.05) is 0 Å². The molecule has 2 aromatic rings. The zero-order valence-corrected chi connectivity index (χ0v) is 13.3. The van der Waals surface area contributed by atoms with Gasteiger partial charge in [0.25, 0.3) is 0 Å². The van der Waals surface area contributed by atoms with Crippen LogP contribution in [0, 0.1) is 13.8 Å². The van der Waals surface area contributed by atoms with E-state index < -0.39 is 0 Å². The molecule has 1 aliphatic heterocycles. The fraction of sp³-hybridized carbons (Fsp3) is 0.600. The third kappa shape index (κ3) is 3.24. The molecule has 2 aromatic heterocycles. The average molecular weight is 302 g/mol. The Morgan fingerprint density at radius 1 is 1.32 bits per heavy atom. The number of nitrogens with zero attached hydrogens (tertiary/aromatic N) is 5. The van der Waals surface area contributed by atoms with Gasteiger partial charge >= 0.3 is 0 Å². The van der Waals surface area contributed by atoms with Crippen molar-refractivity contribution >= 4 is 5.82 Å². The third-order valence-corrected chi connectivity index (χ3v) is 3.89. The molecule has 3 rings (SSSR count). The van der Waals surface area contributed by atoms with Gasteiger partial charge in [0.1, 0.15) is 18.2 Å². The quantitative estimate of drug-likeness (QED) is 0.926. The summed E-state index contributed by atoms with van der Waals surface area (Å²) in [4.78, 5) is 15.8. The molecule has 1 aliphatic rings. The standard InChI is InChI=1S/C15H22N6O/c1-10-7-14(18-13(16-10)9-22-3)21-6-4-5-12(8-21)15-17-11(2)19-20-15/h7,12H,4-6,8-9H2,1-3H3,(H,17,19,20). The number of aromatic amines is 1. The molecule has 0 aliphatic carbocycles. The topological polar surface area (TPSA) is 79.8 Å². The van der Waals surface area contributed by atoms with Crippen molar-refractivity contribution < 1.29 is 4.74 Å². The molecule has 1 unspecified atom stereocenters. The first-order valence-electron chi connectivity index (χ1n) is 7.63. The highest BCUT2D eigenvalue weighted by Gasteiger charge is 2.25. The first-order chi connectivity index (χ1) is 10.7. The Morgan fingerprint density at radius 2 is 2.18 bits per heavy atom. The van der Waals surface area contributed by atoms with Gasteiger partial charge in [0.2, 0.25) is 0 Å². The van der Waals surface area contributed by atoms with Gasteiger partial charge in [-0.25, -0.2) is 15.0 Å². The van der Waals surface area contributed by atoms with Gasteiger partial charge in [-0.15, -0.1) is 0 Å². The lowest BCUT2D eigenvalue weighted by molar-refractivity contribution is 0.177. The molecule has 0 amide bonds. The number of piperidine rings is 1. The predicted molar refractivity (Wildman–Crippen MR) is 82.8 cm³/mol. The molecule has 1 fully saturated rings. The molecule has 1 atom stereocenters. The van der Waals surface area contributed by atoms with E-state index in [1.165, 1.54) is 0 Å². The van der Waals surface area contributed by atoms with E-state index >= 15 is 0 Å². The van der Waals surface area contributed by atoms with E-state index in [9.17, 15) is 0 Å². The van der Waals surface area contributed by atoms with Crippen LogP contribution in [0.3, 0.4) is 0 Å². The number of nitrogens with one attached hydrogen (secondary N) is 1. The summed E-state index contributed by atoms with van der Waals surface area (Å²) in [5.74, 6) is 3.82. The third-order valence-electron chi connectivity index (χ3n) is 3.89. The van der Waals surface area contributed by atoms with E-state index in [0.717, 1.165) is 54.9 Å². The summed E-state index contributed by atoms with van der Waals surface area (Å²) in [5.41, 5.74) is 0.966. The van der Waals surface area contributed by atoms with E-state index in [0.29, 0.717) is 12.5 Å². The predicted octanol–water partition coefficient (Wildman–Crippen LogP) is 1.74. The highest BCUT2D eigenvalue weighted by atomic mass is 16.5. The van der Waals surface area contributed by atoms with E-state index in [4.69, 9.17) is 4.74 Å². The van der Waals surface area contributed by atoms with Crippen molar-refractivity contribution in [2.24, 2.45) is 0 Å². The first-order valence-corrected chi connectivity index (χ1v) is 7.63. The Balaban J connectivity index is 1.79. The number of aryl methyl sites for hydroxylation is 2. The van der Waals surface area contributed by atoms with Crippen molar-refractivity contribution in [2.75, 3.05) is 25.1 Å². The van der Waals surface area contributed by atoms with Gasteiger partial charge in [-0.2, -0.15) is 5.10 Å². The van der Waals surface area contributed by atoms with Gasteiger partial charge in [0.05, 0.1) is 0 Å². The Bertz CT molecular complexity index is 641. The molecule has 1 saturated heterocycles. The highest BCUT2D eigenvalue weighted by molar-refractivity contribution is 5.41. The Hall–Kier alpha value is -2.02. The van der Waals surface area contributed by atoms with Crippen molar-refractivity contribution in [1.82, 2.24) is 25.1 Å². The lowest BCUT2D eigenvalue weighted by atomic mass is 9.97. The fourth-order valence-corrected chi connectivity index (χ4v) is 2.91. The van der Waals surface area contributed by atoms with Crippen molar-refractivity contribution in [2.45, 2.75) is 39.2 Å². The minimum absolute atomic E-state index is 0.347. The maximum Gasteiger partial charge on any atom is 0.156 e. The van der Waals surface area contributed by atoms with Crippen molar-refractivity contribution in [3.63, 3.8) is 0 Å². The molecule has 0 aromatic carbocycles. The molecule has 7 nitrogen and oxygen atoms in total. The van der Waals surface area contributed by atoms with Crippen molar-refractivity contribution in [3.05, 3.63) is 29.2 Å². The molecular formula is C15H22N6O. The molecule has 1 N–H and O–H groups in total. The van der Waals surface area contributed by atoms with Gasteiger partial charge in [0, 0.05) is 37.9 Å². The summed E-state index contributed by atoms with van der Waals surface area (Å²) in [6, 6.07) is 2.03. The second-order valence-electron chi connectivity index (χ2n) is 5.78. The molecule has 118 valence electrons. The molecule has 3 heterocycles. The number of ether oxygens (including phenoxy) is 1. The summed E-state index contributed by atoms with van der Waals surface area (Å²) in [6.45, 7) is 6.25. The minimum atomic E-state index is 0.347. The van der Waals surface area contributed by atoms with E-state index in [-0.39, 0.29) is 0 Å². The lowest BCUT2D eigenvalue weighted by Crippen LogP contribution is -2.35. The number of hydrogen-bond donors (Lipinski definition) is 1. The van der Waals surface area contributed by atoms with Gasteiger partial charge < -0.3 is 9.64 Å². The van der Waals surface area contributed by atoms with E-state index in [2.05, 4.69) is 30.0 Å². The van der Waals surface area contributed by atoms with Crippen LogP contribution >= 0.6 is 0 Å². The number of H-pyrrole nitrogens is 1. The molecule has 0 radical (unpaired) electrons. The Kier molecular flexibility index (Phi) is 4.33. The largest absolute Gasteiger partial charge is 0.377 e. The van der Waals surface area contributed by atoms with Crippen LogP contribution in [-0.4, -0.2) is 45.3 Å². The maximum atomic E-state index is 5.15. The smallest absolute Gasteiger partial charge is 0.156 e. The number of rotatable bonds is 4. The van der Waals surface area contributed by atoms with Crippen LogP contribution in [0.1, 0.15) is 41.9 Å². The summed E-state index contributed by atoms with van der Waals surface area (Å²) in [6.07, 6.45) is 2.23. The van der Waals surface area contributed by atoms with Crippen LogP contribution < -0.4 is 4.90 Å². The summed E-state index contributed by atoms with van der Waals surface area (Å²) in [7, 11) is 1.66. The van der Waals surface area contributed by atoms with Gasteiger partial charge in [-0.3, -0.25) is 5.10 Å². The molecule has 0 bridgehead atoms. The number of methoxy groups -OCH3 is 1. The van der Waals surface area contributed by atoms with Crippen LogP contribution in [0.5, 0.6) is 0 Å². The molecular weight excluding hydrogens is 280 g/mol. The van der Waals surface area contributed by atoms with Gasteiger partial charge in [0.15, 0.2) is 11.6 Å². The number of anilines is 1. The van der Waals surface area contributed by atoms with Crippen LogP contribution in [0.25, 0.3) is 0 Å². The molecule has 7 heteroatoms. The molecule has 0 spiro atoms. The number of aromatic nitrogens is 5.